The quantitative estimate of drug-likeness (QED) is 0.0595. The molecule has 143 heavy (non-hydrogen) atoms. The second-order valence-corrected chi connectivity index (χ2v) is 46.7. The number of ether oxygens (including phenoxy) is 3. The van der Waals surface area contributed by atoms with Crippen molar-refractivity contribution >= 4 is 5.78 Å². The molecular formula is C119H138F14N4O6. The minimum absolute atomic E-state index is 0.0319. The van der Waals surface area contributed by atoms with Crippen LogP contribution in [0, 0.1) is 21.7 Å². The highest BCUT2D eigenvalue weighted by Crippen LogP contribution is 2.67. The minimum atomic E-state index is -4.45. The lowest BCUT2D eigenvalue weighted by atomic mass is 9.74. The summed E-state index contributed by atoms with van der Waals surface area (Å²) in [5, 5.41) is 23.2. The number of nitrogens with zero attached hydrogens (tertiary/aromatic N) is 4. The molecule has 0 unspecified atom stereocenters. The monoisotopic (exact) mass is 1990 g/mol. The number of halogens is 14. The molecule has 0 saturated heterocycles. The first-order valence-electron chi connectivity index (χ1n) is 54.4. The van der Waals surface area contributed by atoms with Crippen LogP contribution in [0.2, 0.25) is 0 Å². The van der Waals surface area contributed by atoms with E-state index in [9.17, 15) is 67.7 Å². The molecule has 24 heteroatoms. The number of benzene rings is 4. The van der Waals surface area contributed by atoms with Crippen LogP contribution in [0.5, 0.6) is 0 Å². The molecule has 16 aliphatic rings. The van der Waals surface area contributed by atoms with Crippen molar-refractivity contribution in [2.75, 3.05) is 21.3 Å². The molecule has 8 aromatic rings. The lowest BCUT2D eigenvalue weighted by Crippen LogP contribution is -2.28. The summed E-state index contributed by atoms with van der Waals surface area (Å²) in [6.07, 6.45) is 28.5. The molecule has 7 atom stereocenters. The van der Waals surface area contributed by atoms with E-state index < -0.39 is 71.5 Å². The van der Waals surface area contributed by atoms with Crippen LogP contribution in [0.1, 0.15) is 534 Å². The van der Waals surface area contributed by atoms with E-state index in [1.807, 2.05) is 0 Å². The molecule has 0 radical (unpaired) electrons. The summed E-state index contributed by atoms with van der Waals surface area (Å²) in [6, 6.07) is 18.9. The summed E-state index contributed by atoms with van der Waals surface area (Å²) in [7, 11) is 5.29. The van der Waals surface area contributed by atoms with E-state index in [0.717, 1.165) is 396 Å². The topological polar surface area (TPSA) is 137 Å². The van der Waals surface area contributed by atoms with Crippen molar-refractivity contribution in [2.45, 2.75) is 423 Å². The van der Waals surface area contributed by atoms with Gasteiger partial charge in [-0.3, -0.25) is 24.7 Å². The molecule has 768 valence electrons. The number of fused-ring (bicyclic) bond motifs is 4. The van der Waals surface area contributed by atoms with Crippen molar-refractivity contribution in [3.8, 4) is 0 Å². The smallest absolute Gasteiger partial charge is 0.388 e. The van der Waals surface area contributed by atoms with Gasteiger partial charge in [0.15, 0.2) is 18.1 Å². The van der Waals surface area contributed by atoms with Crippen LogP contribution < -0.4 is 0 Å². The molecule has 4 heterocycles. The van der Waals surface area contributed by atoms with Crippen LogP contribution in [-0.4, -0.2) is 57.3 Å². The Kier molecular flexibility index (Phi) is 28.3. The normalized spacial score (nSPS) is 24.7. The molecular weight excluding hydrogens is 1850 g/mol. The zero-order chi connectivity index (χ0) is 99.6. The molecule has 4 aromatic carbocycles. The van der Waals surface area contributed by atoms with Gasteiger partial charge in [-0.1, -0.05) is 151 Å². The van der Waals surface area contributed by atoms with Crippen LogP contribution in [0.4, 0.5) is 61.5 Å². The largest absolute Gasteiger partial charge is 0.416 e. The van der Waals surface area contributed by atoms with Gasteiger partial charge in [-0.05, 0) is 338 Å². The van der Waals surface area contributed by atoms with Crippen molar-refractivity contribution < 1.29 is 90.7 Å². The van der Waals surface area contributed by atoms with E-state index >= 15 is 8.78 Å². The molecule has 12 fully saturated rings. The Hall–Kier alpha value is -8.03. The fourth-order valence-electron chi connectivity index (χ4n) is 29.0. The van der Waals surface area contributed by atoms with Gasteiger partial charge < -0.3 is 24.4 Å². The van der Waals surface area contributed by atoms with Gasteiger partial charge in [-0.25, -0.2) is 8.78 Å². The Morgan fingerprint density at radius 1 is 0.308 bits per heavy atom. The van der Waals surface area contributed by atoms with E-state index in [4.69, 9.17) is 34.1 Å². The molecule has 16 aliphatic carbocycles. The number of ketones is 1. The molecule has 10 nitrogen and oxygen atoms in total. The van der Waals surface area contributed by atoms with E-state index in [-0.39, 0.29) is 81.6 Å². The molecule has 4 aromatic heterocycles. The van der Waals surface area contributed by atoms with E-state index in [0.29, 0.717) is 56.9 Å². The second-order valence-electron chi connectivity index (χ2n) is 46.7. The lowest BCUT2D eigenvalue weighted by Gasteiger charge is -2.37. The first kappa shape index (κ1) is 101. The summed E-state index contributed by atoms with van der Waals surface area (Å²) in [6.45, 7) is 0. The third kappa shape index (κ3) is 20.4. The van der Waals surface area contributed by atoms with Gasteiger partial charge in [0.1, 0.15) is 6.10 Å². The first-order chi connectivity index (χ1) is 68.6. The maximum absolute atomic E-state index is 16.7. The number of rotatable bonds is 19. The predicted molar refractivity (Wildman–Crippen MR) is 520 cm³/mol. The number of alkyl halides is 14. The van der Waals surface area contributed by atoms with E-state index in [1.165, 1.54) is 98.2 Å². The number of aliphatic hydroxyl groups is 2. The van der Waals surface area contributed by atoms with Crippen LogP contribution in [0.3, 0.4) is 0 Å². The summed E-state index contributed by atoms with van der Waals surface area (Å²) < 4.78 is 210. The highest BCUT2D eigenvalue weighted by molar-refractivity contribution is 6.11. The Balaban J connectivity index is 0.000000113. The molecule has 0 aliphatic heterocycles. The van der Waals surface area contributed by atoms with Gasteiger partial charge in [0, 0.05) is 118 Å². The van der Waals surface area contributed by atoms with Crippen LogP contribution >= 0.6 is 0 Å². The average Bonchev–Trinajstić information content (AvgIpc) is 1.63. The van der Waals surface area contributed by atoms with Gasteiger partial charge in [0.05, 0.1) is 69.4 Å². The number of carbonyl (C=O) groups is 1. The molecule has 0 bridgehead atoms. The molecule has 2 N–H and O–H groups in total. The fourth-order valence-corrected chi connectivity index (χ4v) is 29.0. The Bertz CT molecular complexity index is 5730. The van der Waals surface area contributed by atoms with E-state index in [1.54, 1.807) is 21.3 Å². The fraction of sp³-hybridized carbons (Fsp3) is 0.622. The van der Waals surface area contributed by atoms with Gasteiger partial charge in [0.2, 0.25) is 0 Å². The van der Waals surface area contributed by atoms with Crippen LogP contribution in [-0.2, 0) is 64.6 Å². The Morgan fingerprint density at radius 2 is 0.545 bits per heavy atom. The van der Waals surface area contributed by atoms with Crippen molar-refractivity contribution in [1.29, 1.82) is 0 Å². The first-order valence-corrected chi connectivity index (χ1v) is 54.4. The number of methoxy groups -OCH3 is 3. The van der Waals surface area contributed by atoms with Crippen molar-refractivity contribution in [3.63, 3.8) is 0 Å². The molecule has 0 amide bonds. The Labute approximate surface area is 831 Å². The Morgan fingerprint density at radius 3 is 0.846 bits per heavy atom. The van der Waals surface area contributed by atoms with Crippen LogP contribution in [0.25, 0.3) is 0 Å². The summed E-state index contributed by atoms with van der Waals surface area (Å²) >= 11 is 0. The number of carbonyl (C=O) groups excluding carboxylic acids is 1. The van der Waals surface area contributed by atoms with Gasteiger partial charge >= 0.3 is 24.7 Å². The highest BCUT2D eigenvalue weighted by atomic mass is 19.4. The van der Waals surface area contributed by atoms with Gasteiger partial charge in [-0.2, -0.15) is 52.7 Å². The highest BCUT2D eigenvalue weighted by Gasteiger charge is 2.57. The molecule has 4 spiro atoms. The number of aliphatic hydroxyl groups excluding tert-OH is 2. The molecule has 12 saturated carbocycles. The van der Waals surface area contributed by atoms with Crippen LogP contribution in [0.15, 0.2) is 97.1 Å². The van der Waals surface area contributed by atoms with Crippen molar-refractivity contribution in [1.82, 2.24) is 19.9 Å². The zero-order valence-corrected chi connectivity index (χ0v) is 82.9. The van der Waals surface area contributed by atoms with Gasteiger partial charge in [0.25, 0.3) is 0 Å². The number of hydrogen-bond donors (Lipinski definition) is 2. The number of pyridine rings is 4. The maximum atomic E-state index is 16.7. The summed E-state index contributed by atoms with van der Waals surface area (Å²) in [4.78, 5) is 35.3. The summed E-state index contributed by atoms with van der Waals surface area (Å²) in [5.74, 6) is 1.81. The number of aromatic nitrogens is 4. The lowest BCUT2D eigenvalue weighted by molar-refractivity contribution is -0.138. The van der Waals surface area contributed by atoms with E-state index in [2.05, 4.69) is 0 Å². The average molecular weight is 1990 g/mol. The van der Waals surface area contributed by atoms with Crippen molar-refractivity contribution in [2.24, 2.45) is 21.7 Å². The standard InChI is InChI=1S/C30H35F4NO.C30H36F3NO2.C30H34F3NO2.C29H33F4NO/c1-36-23-17-29(14-15-29)16-22-25(23)24(18-6-2-3-7-18)26(28(35-22)20-8-4-5-9-20)27(31)19-10-12-21(13-11-19)30(32,33)34;2*1-36-23-17-29(14-15-29)16-22-25(23)24(18-6-2-3-7-18)26(27(34-22)19-8-4-5-9-19)28(35)20-10-12-21(13-11-20)30(31,32)33;30-26(18-9-11-20(12-10-18)29(31,32)33)25-23(17-5-1-2-6-17)24-21(15-28(13-14-28)16-22(24)35)34-27(25)19-7-3-4-8-19/h10-13,18,20,23,27H,2-9,14-17H2,1H3;10-13,18-19,23,28,35H,2-9,14-17H2,1H3;10-13,18-19,23H,2-9,14-17H2,1H3;9-12,17,19,22,26,35H,1-8,13-16H2/t23-,27-;23-,28-;23-;22-,26-/m0000/s1. The zero-order valence-electron chi connectivity index (χ0n) is 82.9. The number of hydrogen-bond acceptors (Lipinski definition) is 10. The van der Waals surface area contributed by atoms with Crippen molar-refractivity contribution in [3.05, 3.63) is 254 Å². The molecule has 24 rings (SSSR count). The third-order valence-corrected chi connectivity index (χ3v) is 37.4. The minimum Gasteiger partial charge on any atom is -0.388 e. The van der Waals surface area contributed by atoms with Gasteiger partial charge in [-0.15, -0.1) is 0 Å². The SMILES string of the molecule is CO[C@H]1CC2(CC2)Cc2nc(C3CCCC3)c(C(=O)c3ccc(C(F)(F)F)cc3)c(C3CCCC3)c21.CO[C@H]1CC2(CC2)Cc2nc(C3CCCC3)c([C@@H](F)c3ccc(C(F)(F)F)cc3)c(C3CCCC3)c21.CO[C@H]1CC2(CC2)Cc2nc(C3CCCC3)c([C@@H](O)c3ccc(C(F)(F)F)cc3)c(C3CCCC3)c21.O[C@H]1CC2(CC2)Cc2nc(C3CCCC3)c([C@@H](F)c3ccc(C(F)(F)F)cc3)c(C3CCCC3)c21. The second kappa shape index (κ2) is 40.1. The maximum Gasteiger partial charge on any atom is 0.416 e. The third-order valence-electron chi connectivity index (χ3n) is 37.4. The predicted octanol–water partition coefficient (Wildman–Crippen LogP) is 33.1. The summed E-state index contributed by atoms with van der Waals surface area (Å²) in [5.41, 5.74) is 18.8.